The number of nitrogens with zero attached hydrogens (tertiary/aromatic N) is 1. The van der Waals surface area contributed by atoms with Gasteiger partial charge in [-0.25, -0.2) is 0 Å². The van der Waals surface area contributed by atoms with Crippen LogP contribution in [0.2, 0.25) is 0 Å². The van der Waals surface area contributed by atoms with E-state index in [1.807, 2.05) is 38.1 Å². The summed E-state index contributed by atoms with van der Waals surface area (Å²) in [5, 5.41) is 8.68. The van der Waals surface area contributed by atoms with Crippen LogP contribution >= 0.6 is 11.8 Å². The first-order valence-corrected chi connectivity index (χ1v) is 7.55. The molecule has 1 amide bonds. The maximum absolute atomic E-state index is 12.2. The summed E-state index contributed by atoms with van der Waals surface area (Å²) in [5.41, 5.74) is 7.33. The Kier molecular flexibility index (Phi) is 6.54. The molecule has 1 rings (SSSR count). The van der Waals surface area contributed by atoms with Crippen molar-refractivity contribution < 1.29 is 14.7 Å². The molecule has 0 radical (unpaired) electrons. The van der Waals surface area contributed by atoms with Crippen LogP contribution in [0.4, 0.5) is 5.69 Å². The van der Waals surface area contributed by atoms with Crippen molar-refractivity contribution in [3.63, 3.8) is 0 Å². The van der Waals surface area contributed by atoms with Gasteiger partial charge in [-0.05, 0) is 25.5 Å². The average Bonchev–Trinajstić information content (AvgIpc) is 2.41. The van der Waals surface area contributed by atoms with Gasteiger partial charge in [-0.3, -0.25) is 9.59 Å². The fraction of sp³-hybridized carbons (Fsp3) is 0.429. The second kappa shape index (κ2) is 7.91. The van der Waals surface area contributed by atoms with Crippen molar-refractivity contribution in [1.29, 1.82) is 0 Å². The van der Waals surface area contributed by atoms with E-state index in [1.54, 1.807) is 4.90 Å². The lowest BCUT2D eigenvalue weighted by Gasteiger charge is -2.23. The summed E-state index contributed by atoms with van der Waals surface area (Å²) in [7, 11) is 0. The Labute approximate surface area is 123 Å². The molecule has 0 fully saturated rings. The van der Waals surface area contributed by atoms with Gasteiger partial charge in [0.2, 0.25) is 5.91 Å². The number of carboxylic acids is 1. The molecule has 110 valence electrons. The van der Waals surface area contributed by atoms with Gasteiger partial charge in [-0.1, -0.05) is 18.2 Å². The van der Waals surface area contributed by atoms with E-state index in [0.717, 1.165) is 11.3 Å². The Bertz CT molecular complexity index is 479. The second-order valence-electron chi connectivity index (χ2n) is 4.38. The Hall–Kier alpha value is -1.53. The highest BCUT2D eigenvalue weighted by atomic mass is 32.2. The number of rotatable bonds is 7. The first-order valence-electron chi connectivity index (χ1n) is 6.39. The summed E-state index contributed by atoms with van der Waals surface area (Å²) in [6.45, 7) is 4.45. The summed E-state index contributed by atoms with van der Waals surface area (Å²) in [4.78, 5) is 24.5. The second-order valence-corrected chi connectivity index (χ2v) is 5.41. The first-order chi connectivity index (χ1) is 9.47. The lowest BCUT2D eigenvalue weighted by atomic mass is 10.2. The molecule has 0 saturated heterocycles. The Morgan fingerprint density at radius 1 is 1.40 bits per heavy atom. The lowest BCUT2D eigenvalue weighted by Crippen LogP contribution is -2.35. The number of thioether (sulfide) groups is 1. The molecule has 6 heteroatoms. The maximum atomic E-state index is 12.2. The molecule has 0 bridgehead atoms. The molecule has 0 saturated carbocycles. The zero-order valence-corrected chi connectivity index (χ0v) is 12.5. The van der Waals surface area contributed by atoms with Crippen molar-refractivity contribution in [3.8, 4) is 0 Å². The van der Waals surface area contributed by atoms with Gasteiger partial charge in [0.25, 0.3) is 0 Å². The molecule has 0 aliphatic carbocycles. The van der Waals surface area contributed by atoms with Crippen molar-refractivity contribution in [2.75, 3.05) is 23.0 Å². The molecule has 0 heterocycles. The third-order valence-corrected chi connectivity index (χ3v) is 3.91. The number of hydrogen-bond acceptors (Lipinski definition) is 4. The topological polar surface area (TPSA) is 83.6 Å². The van der Waals surface area contributed by atoms with E-state index >= 15 is 0 Å². The fourth-order valence-corrected chi connectivity index (χ4v) is 2.61. The van der Waals surface area contributed by atoms with Crippen LogP contribution < -0.4 is 10.6 Å². The van der Waals surface area contributed by atoms with Crippen LogP contribution in [0, 0.1) is 6.92 Å². The van der Waals surface area contributed by atoms with Crippen LogP contribution in [-0.4, -0.2) is 41.1 Å². The van der Waals surface area contributed by atoms with Crippen LogP contribution in [0.1, 0.15) is 12.5 Å². The van der Waals surface area contributed by atoms with Gasteiger partial charge >= 0.3 is 5.97 Å². The average molecular weight is 296 g/mol. The molecule has 1 aromatic carbocycles. The predicted molar refractivity (Wildman–Crippen MR) is 82.1 cm³/mol. The SMILES string of the molecule is CCN(C(=O)CSC[C@H](N)C(=O)O)c1ccccc1C. The monoisotopic (exact) mass is 296 g/mol. The van der Waals surface area contributed by atoms with E-state index in [1.165, 1.54) is 11.8 Å². The van der Waals surface area contributed by atoms with Gasteiger partial charge in [-0.15, -0.1) is 11.8 Å². The molecule has 20 heavy (non-hydrogen) atoms. The third-order valence-electron chi connectivity index (χ3n) is 2.86. The van der Waals surface area contributed by atoms with Crippen LogP contribution in [0.25, 0.3) is 0 Å². The van der Waals surface area contributed by atoms with Crippen molar-refractivity contribution in [2.45, 2.75) is 19.9 Å². The predicted octanol–water partition coefficient (Wildman–Crippen LogP) is 1.49. The highest BCUT2D eigenvalue weighted by Gasteiger charge is 2.17. The molecule has 1 aromatic rings. The number of carboxylic acid groups (broad SMARTS) is 1. The first kappa shape index (κ1) is 16.5. The number of aliphatic carboxylic acids is 1. The van der Waals surface area contributed by atoms with Crippen molar-refractivity contribution in [2.24, 2.45) is 5.73 Å². The number of para-hydroxylation sites is 1. The number of hydrogen-bond donors (Lipinski definition) is 2. The normalized spacial score (nSPS) is 11.9. The van der Waals surface area contributed by atoms with Crippen LogP contribution in [0.5, 0.6) is 0 Å². The van der Waals surface area contributed by atoms with Gasteiger partial charge in [0.15, 0.2) is 0 Å². The molecule has 5 nitrogen and oxygen atoms in total. The molecule has 0 spiro atoms. The smallest absolute Gasteiger partial charge is 0.321 e. The molecule has 0 aliphatic rings. The van der Waals surface area contributed by atoms with Crippen LogP contribution in [0.15, 0.2) is 24.3 Å². The summed E-state index contributed by atoms with van der Waals surface area (Å²) in [5.74, 6) is -0.629. The number of anilines is 1. The summed E-state index contributed by atoms with van der Waals surface area (Å²) in [6.07, 6.45) is 0. The van der Waals surface area contributed by atoms with Gasteiger partial charge in [0.1, 0.15) is 6.04 Å². The Morgan fingerprint density at radius 2 is 2.05 bits per heavy atom. The molecular weight excluding hydrogens is 276 g/mol. The van der Waals surface area contributed by atoms with Crippen molar-refractivity contribution in [1.82, 2.24) is 0 Å². The standard InChI is InChI=1S/C14H20N2O3S/c1-3-16(12-7-5-4-6-10(12)2)13(17)9-20-8-11(15)14(18)19/h4-7,11H,3,8-9,15H2,1-2H3,(H,18,19)/t11-/m0/s1. The van der Waals surface area contributed by atoms with Crippen LogP contribution in [0.3, 0.4) is 0 Å². The third kappa shape index (κ3) is 4.54. The number of nitrogens with two attached hydrogens (primary N) is 1. The molecule has 3 N–H and O–H groups in total. The van der Waals surface area contributed by atoms with Crippen LogP contribution in [-0.2, 0) is 9.59 Å². The largest absolute Gasteiger partial charge is 0.480 e. The maximum Gasteiger partial charge on any atom is 0.321 e. The van der Waals surface area contributed by atoms with E-state index in [9.17, 15) is 9.59 Å². The highest BCUT2D eigenvalue weighted by Crippen LogP contribution is 2.20. The number of carbonyl (C=O) groups excluding carboxylic acids is 1. The molecule has 0 unspecified atom stereocenters. The molecular formula is C14H20N2O3S. The minimum Gasteiger partial charge on any atom is -0.480 e. The number of amides is 1. The zero-order valence-electron chi connectivity index (χ0n) is 11.7. The minimum absolute atomic E-state index is 0.0376. The minimum atomic E-state index is -1.05. The van der Waals surface area contributed by atoms with E-state index in [2.05, 4.69) is 0 Å². The molecule has 0 aliphatic heterocycles. The Balaban J connectivity index is 2.60. The number of aryl methyl sites for hydroxylation is 1. The van der Waals surface area contributed by atoms with Crippen molar-refractivity contribution in [3.05, 3.63) is 29.8 Å². The van der Waals surface area contributed by atoms with Gasteiger partial charge in [0.05, 0.1) is 5.75 Å². The summed E-state index contributed by atoms with van der Waals surface area (Å²) in [6, 6.07) is 6.76. The van der Waals surface area contributed by atoms with E-state index in [4.69, 9.17) is 10.8 Å². The fourth-order valence-electron chi connectivity index (χ4n) is 1.77. The van der Waals surface area contributed by atoms with Crippen molar-refractivity contribution >= 4 is 29.3 Å². The quantitative estimate of drug-likeness (QED) is 0.796. The Morgan fingerprint density at radius 3 is 2.60 bits per heavy atom. The lowest BCUT2D eigenvalue weighted by molar-refractivity contribution is -0.137. The summed E-state index contributed by atoms with van der Waals surface area (Å²) < 4.78 is 0. The van der Waals surface area contributed by atoms with Gasteiger partial charge in [-0.2, -0.15) is 0 Å². The molecule has 0 aromatic heterocycles. The zero-order chi connectivity index (χ0) is 15.1. The highest BCUT2D eigenvalue weighted by molar-refractivity contribution is 8.00. The van der Waals surface area contributed by atoms with Gasteiger partial charge < -0.3 is 15.7 Å². The van der Waals surface area contributed by atoms with Gasteiger partial charge in [0, 0.05) is 18.0 Å². The van der Waals surface area contributed by atoms with E-state index in [0.29, 0.717) is 6.54 Å². The van der Waals surface area contributed by atoms with E-state index in [-0.39, 0.29) is 17.4 Å². The number of carbonyl (C=O) groups is 2. The van der Waals surface area contributed by atoms with E-state index < -0.39 is 12.0 Å². The summed E-state index contributed by atoms with van der Waals surface area (Å²) >= 11 is 1.24. The number of benzene rings is 1. The molecule has 1 atom stereocenters.